The van der Waals surface area contributed by atoms with Crippen molar-refractivity contribution < 1.29 is 4.79 Å². The number of thiophene rings is 1. The van der Waals surface area contributed by atoms with Gasteiger partial charge in [-0.1, -0.05) is 34.6 Å². The predicted octanol–water partition coefficient (Wildman–Crippen LogP) is 4.68. The molecule has 3 heteroatoms. The van der Waals surface area contributed by atoms with Crippen LogP contribution in [-0.2, 0) is 12.8 Å². The third kappa shape index (κ3) is 4.09. The maximum absolute atomic E-state index is 12.3. The van der Waals surface area contributed by atoms with Crippen molar-refractivity contribution >= 4 is 17.2 Å². The van der Waals surface area contributed by atoms with Crippen LogP contribution < -0.4 is 5.32 Å². The second kappa shape index (κ2) is 6.51. The fraction of sp³-hybridized carbons (Fsp3) is 0.722. The van der Waals surface area contributed by atoms with E-state index in [0.717, 1.165) is 37.3 Å². The molecule has 2 rings (SSSR count). The van der Waals surface area contributed by atoms with Gasteiger partial charge in [-0.15, -0.1) is 11.3 Å². The van der Waals surface area contributed by atoms with Gasteiger partial charge in [0.05, 0.1) is 5.56 Å². The van der Waals surface area contributed by atoms with Gasteiger partial charge in [0.2, 0.25) is 0 Å². The van der Waals surface area contributed by atoms with Gasteiger partial charge in [0.1, 0.15) is 0 Å². The monoisotopic (exact) mass is 307 g/mol. The lowest BCUT2D eigenvalue weighted by atomic mass is 9.72. The molecule has 1 aliphatic carbocycles. The zero-order valence-corrected chi connectivity index (χ0v) is 14.9. The quantitative estimate of drug-likeness (QED) is 0.860. The van der Waals surface area contributed by atoms with Gasteiger partial charge in [-0.05, 0) is 48.5 Å². The Balaban J connectivity index is 2.02. The minimum Gasteiger partial charge on any atom is -0.352 e. The summed E-state index contributed by atoms with van der Waals surface area (Å²) in [4.78, 5) is 13.8. The maximum atomic E-state index is 12.3. The zero-order chi connectivity index (χ0) is 15.6. The van der Waals surface area contributed by atoms with Crippen molar-refractivity contribution in [3.05, 3.63) is 21.4 Å². The number of hydrogen-bond donors (Lipinski definition) is 1. The summed E-state index contributed by atoms with van der Waals surface area (Å²) in [6.07, 6.45) is 4.46. The predicted molar refractivity (Wildman–Crippen MR) is 91.1 cm³/mol. The zero-order valence-electron chi connectivity index (χ0n) is 14.1. The third-order valence-corrected chi connectivity index (χ3v) is 5.68. The fourth-order valence-corrected chi connectivity index (χ4v) is 4.17. The van der Waals surface area contributed by atoms with Gasteiger partial charge in [-0.3, -0.25) is 4.79 Å². The van der Waals surface area contributed by atoms with Crippen molar-refractivity contribution in [3.63, 3.8) is 0 Å². The van der Waals surface area contributed by atoms with E-state index >= 15 is 0 Å². The van der Waals surface area contributed by atoms with Crippen LogP contribution in [0.1, 0.15) is 68.3 Å². The van der Waals surface area contributed by atoms with Gasteiger partial charge in [0.15, 0.2) is 0 Å². The number of hydrogen-bond acceptors (Lipinski definition) is 2. The van der Waals surface area contributed by atoms with Gasteiger partial charge in [-0.25, -0.2) is 0 Å². The molecular weight excluding hydrogens is 278 g/mol. The average Bonchev–Trinajstić information content (AvgIpc) is 2.79. The van der Waals surface area contributed by atoms with Crippen molar-refractivity contribution in [2.45, 2.75) is 60.3 Å². The molecule has 0 bridgehead atoms. The summed E-state index contributed by atoms with van der Waals surface area (Å²) in [5.41, 5.74) is 2.62. The number of amides is 1. The molecule has 1 aromatic heterocycles. The molecule has 1 heterocycles. The second-order valence-corrected chi connectivity index (χ2v) is 8.76. The largest absolute Gasteiger partial charge is 0.352 e. The van der Waals surface area contributed by atoms with Crippen molar-refractivity contribution in [2.24, 2.45) is 17.3 Å². The van der Waals surface area contributed by atoms with E-state index in [4.69, 9.17) is 0 Å². The minimum atomic E-state index is 0.127. The Bertz CT molecular complexity index is 496. The van der Waals surface area contributed by atoms with Crippen molar-refractivity contribution in [3.8, 4) is 0 Å². The summed E-state index contributed by atoms with van der Waals surface area (Å²) < 4.78 is 0. The Kier molecular flexibility index (Phi) is 5.13. The van der Waals surface area contributed by atoms with Crippen molar-refractivity contribution in [2.75, 3.05) is 6.54 Å². The standard InChI is InChI=1S/C18H29NOS/c1-12(2)8-9-19-17(20)15-11-21-16-10-13(18(3,4)5)6-7-14(15)16/h11-13H,6-10H2,1-5H3,(H,19,20). The molecule has 0 aliphatic heterocycles. The van der Waals surface area contributed by atoms with Crippen LogP contribution in [0.15, 0.2) is 5.38 Å². The highest BCUT2D eigenvalue weighted by Gasteiger charge is 2.31. The first-order valence-corrected chi connectivity index (χ1v) is 9.04. The van der Waals surface area contributed by atoms with Crippen LogP contribution in [0.2, 0.25) is 0 Å². The molecule has 1 aromatic rings. The van der Waals surface area contributed by atoms with E-state index < -0.39 is 0 Å². The highest BCUT2D eigenvalue weighted by molar-refractivity contribution is 7.10. The summed E-state index contributed by atoms with van der Waals surface area (Å²) in [7, 11) is 0. The lowest BCUT2D eigenvalue weighted by molar-refractivity contribution is 0.0951. The smallest absolute Gasteiger partial charge is 0.252 e. The highest BCUT2D eigenvalue weighted by atomic mass is 32.1. The first-order chi connectivity index (χ1) is 9.79. The van der Waals surface area contributed by atoms with Gasteiger partial charge in [-0.2, -0.15) is 0 Å². The molecular formula is C18H29NOS. The number of carbonyl (C=O) groups is 1. The molecule has 1 amide bonds. The topological polar surface area (TPSA) is 29.1 Å². The van der Waals surface area contributed by atoms with Crippen LogP contribution in [-0.4, -0.2) is 12.5 Å². The Labute approximate surface area is 133 Å². The Morgan fingerprint density at radius 2 is 2.14 bits per heavy atom. The van der Waals surface area contributed by atoms with Crippen LogP contribution >= 0.6 is 11.3 Å². The normalized spacial score (nSPS) is 18.7. The minimum absolute atomic E-state index is 0.127. The van der Waals surface area contributed by atoms with E-state index in [1.165, 1.54) is 16.9 Å². The van der Waals surface area contributed by atoms with Gasteiger partial charge < -0.3 is 5.32 Å². The van der Waals surface area contributed by atoms with Crippen LogP contribution in [0.5, 0.6) is 0 Å². The number of fused-ring (bicyclic) bond motifs is 1. The van der Waals surface area contributed by atoms with Crippen molar-refractivity contribution in [1.82, 2.24) is 5.32 Å². The van der Waals surface area contributed by atoms with Crippen molar-refractivity contribution in [1.29, 1.82) is 0 Å². The maximum Gasteiger partial charge on any atom is 0.252 e. The summed E-state index contributed by atoms with van der Waals surface area (Å²) in [5, 5.41) is 5.15. The molecule has 118 valence electrons. The Morgan fingerprint density at radius 1 is 1.43 bits per heavy atom. The summed E-state index contributed by atoms with van der Waals surface area (Å²) in [5.74, 6) is 1.50. The molecule has 1 N–H and O–H groups in total. The van der Waals surface area contributed by atoms with Crippen LogP contribution in [0.25, 0.3) is 0 Å². The molecule has 1 aliphatic rings. The van der Waals surface area contributed by atoms with Crippen LogP contribution in [0, 0.1) is 17.3 Å². The highest BCUT2D eigenvalue weighted by Crippen LogP contribution is 2.40. The van der Waals surface area contributed by atoms with Gasteiger partial charge in [0.25, 0.3) is 5.91 Å². The molecule has 1 atom stereocenters. The van der Waals surface area contributed by atoms with E-state index in [-0.39, 0.29) is 5.91 Å². The number of rotatable bonds is 4. The molecule has 0 radical (unpaired) electrons. The Hall–Kier alpha value is -0.830. The van der Waals surface area contributed by atoms with E-state index in [1.54, 1.807) is 11.3 Å². The van der Waals surface area contributed by atoms with E-state index in [2.05, 4.69) is 45.3 Å². The molecule has 0 saturated heterocycles. The van der Waals surface area contributed by atoms with E-state index in [1.807, 2.05) is 0 Å². The lowest BCUT2D eigenvalue weighted by Gasteiger charge is -2.34. The average molecular weight is 308 g/mol. The number of carbonyl (C=O) groups excluding carboxylic acids is 1. The van der Waals surface area contributed by atoms with E-state index in [9.17, 15) is 4.79 Å². The number of nitrogens with one attached hydrogen (secondary N) is 1. The SMILES string of the molecule is CC(C)CCNC(=O)c1csc2c1CCC(C(C)(C)C)C2. The molecule has 21 heavy (non-hydrogen) atoms. The van der Waals surface area contributed by atoms with Crippen LogP contribution in [0.4, 0.5) is 0 Å². The second-order valence-electron chi connectivity index (χ2n) is 7.80. The molecule has 0 fully saturated rings. The molecule has 0 aromatic carbocycles. The van der Waals surface area contributed by atoms with Crippen LogP contribution in [0.3, 0.4) is 0 Å². The summed E-state index contributed by atoms with van der Waals surface area (Å²) in [6, 6.07) is 0. The van der Waals surface area contributed by atoms with Gasteiger partial charge in [0, 0.05) is 16.8 Å². The molecule has 1 unspecified atom stereocenters. The Morgan fingerprint density at radius 3 is 2.76 bits per heavy atom. The summed E-state index contributed by atoms with van der Waals surface area (Å²) in [6.45, 7) is 12.1. The molecule has 0 spiro atoms. The first kappa shape index (κ1) is 16.5. The van der Waals surface area contributed by atoms with Gasteiger partial charge >= 0.3 is 0 Å². The third-order valence-electron chi connectivity index (χ3n) is 4.63. The molecule has 2 nitrogen and oxygen atoms in total. The fourth-order valence-electron chi connectivity index (χ4n) is 3.01. The molecule has 0 saturated carbocycles. The van der Waals surface area contributed by atoms with E-state index in [0.29, 0.717) is 11.3 Å². The summed E-state index contributed by atoms with van der Waals surface area (Å²) >= 11 is 1.78. The first-order valence-electron chi connectivity index (χ1n) is 8.16. The lowest BCUT2D eigenvalue weighted by Crippen LogP contribution is -2.29.